The third kappa shape index (κ3) is 4.06. The van der Waals surface area contributed by atoms with Crippen LogP contribution < -0.4 is 19.1 Å². The Morgan fingerprint density at radius 2 is 1.68 bits per heavy atom. The largest absolute Gasteiger partial charge is 0.503 e. The number of fused-ring (bicyclic) bond motifs is 1. The van der Waals surface area contributed by atoms with Crippen molar-refractivity contribution in [3.05, 3.63) is 95.5 Å². The topological polar surface area (TPSA) is 98.4 Å². The molecular formula is C29H25NO7. The highest BCUT2D eigenvalue weighted by Crippen LogP contribution is 2.46. The molecule has 4 aromatic rings. The molecule has 1 unspecified atom stereocenters. The standard InChI is InChI=1S/C29H25NO7/c1-4-36-23-16-18(13-14-22(23)35-3)26-25(27(31)24-15-17-9-5-7-11-20(17)37-24)28(32)29(33)30(26)19-10-6-8-12-21(19)34-2/h5-16,26,32H,4H2,1-3H3. The molecule has 0 saturated heterocycles. The first-order valence-corrected chi connectivity index (χ1v) is 11.7. The van der Waals surface area contributed by atoms with Gasteiger partial charge in [-0.15, -0.1) is 0 Å². The van der Waals surface area contributed by atoms with Crippen LogP contribution in [0.15, 0.2) is 88.5 Å². The molecule has 1 aliphatic rings. The summed E-state index contributed by atoms with van der Waals surface area (Å²) in [6.07, 6.45) is 0. The lowest BCUT2D eigenvalue weighted by molar-refractivity contribution is -0.117. The number of carbonyl (C=O) groups excluding carboxylic acids is 2. The molecule has 188 valence electrons. The SMILES string of the molecule is CCOc1cc(C2C(C(=O)c3cc4ccccc4o3)=C(O)C(=O)N2c2ccccc2OC)ccc1OC. The molecule has 8 heteroatoms. The number of Topliss-reactive ketones (excluding diaryl/α,β-unsaturated/α-hetero) is 1. The third-order valence-corrected chi connectivity index (χ3v) is 6.25. The number of aliphatic hydroxyl groups is 1. The van der Waals surface area contributed by atoms with Gasteiger partial charge in [0.15, 0.2) is 23.0 Å². The lowest BCUT2D eigenvalue weighted by atomic mass is 9.94. The van der Waals surface area contributed by atoms with E-state index in [-0.39, 0.29) is 11.3 Å². The van der Waals surface area contributed by atoms with Crippen molar-refractivity contribution >= 4 is 28.3 Å². The smallest absolute Gasteiger partial charge is 0.294 e. The Bertz CT molecular complexity index is 1500. The van der Waals surface area contributed by atoms with E-state index in [4.69, 9.17) is 18.6 Å². The monoisotopic (exact) mass is 499 g/mol. The van der Waals surface area contributed by atoms with E-state index in [1.165, 1.54) is 19.1 Å². The number of anilines is 1. The van der Waals surface area contributed by atoms with Crippen molar-refractivity contribution in [1.29, 1.82) is 0 Å². The van der Waals surface area contributed by atoms with Gasteiger partial charge in [-0.05, 0) is 48.9 Å². The van der Waals surface area contributed by atoms with Crippen LogP contribution in [-0.2, 0) is 4.79 Å². The number of hydrogen-bond donors (Lipinski definition) is 1. The third-order valence-electron chi connectivity index (χ3n) is 6.25. The second-order valence-corrected chi connectivity index (χ2v) is 8.33. The number of ketones is 1. The fourth-order valence-corrected chi connectivity index (χ4v) is 4.59. The Morgan fingerprint density at radius 3 is 2.41 bits per heavy atom. The molecule has 2 heterocycles. The van der Waals surface area contributed by atoms with E-state index in [1.807, 2.05) is 19.1 Å². The Morgan fingerprint density at radius 1 is 0.946 bits per heavy atom. The second kappa shape index (κ2) is 9.73. The minimum absolute atomic E-state index is 0.0148. The van der Waals surface area contributed by atoms with Gasteiger partial charge in [-0.25, -0.2) is 0 Å². The maximum absolute atomic E-state index is 13.8. The number of rotatable bonds is 8. The molecule has 0 bridgehead atoms. The molecule has 1 atom stereocenters. The maximum Gasteiger partial charge on any atom is 0.294 e. The summed E-state index contributed by atoms with van der Waals surface area (Å²) < 4.78 is 22.5. The van der Waals surface area contributed by atoms with Gasteiger partial charge in [0.2, 0.25) is 5.78 Å². The van der Waals surface area contributed by atoms with Crippen molar-refractivity contribution in [2.75, 3.05) is 25.7 Å². The number of nitrogens with zero attached hydrogens (tertiary/aromatic N) is 1. The summed E-state index contributed by atoms with van der Waals surface area (Å²) in [7, 11) is 3.02. The minimum atomic E-state index is -0.991. The second-order valence-electron chi connectivity index (χ2n) is 8.33. The Labute approximate surface area is 213 Å². The zero-order chi connectivity index (χ0) is 26.1. The molecule has 1 aromatic heterocycles. The number of furan rings is 1. The van der Waals surface area contributed by atoms with E-state index >= 15 is 0 Å². The summed E-state index contributed by atoms with van der Waals surface area (Å²) in [5, 5.41) is 11.8. The van der Waals surface area contributed by atoms with E-state index in [2.05, 4.69) is 0 Å². The quantitative estimate of drug-likeness (QED) is 0.314. The first-order chi connectivity index (χ1) is 18.0. The fourth-order valence-electron chi connectivity index (χ4n) is 4.59. The summed E-state index contributed by atoms with van der Waals surface area (Å²) in [5.41, 5.74) is 1.35. The Kier molecular flexibility index (Phi) is 6.31. The molecule has 0 saturated carbocycles. The average molecular weight is 500 g/mol. The minimum Gasteiger partial charge on any atom is -0.503 e. The maximum atomic E-state index is 13.8. The van der Waals surface area contributed by atoms with Crippen LogP contribution in [0.2, 0.25) is 0 Å². The van der Waals surface area contributed by atoms with Crippen molar-refractivity contribution < 1.29 is 33.3 Å². The van der Waals surface area contributed by atoms with E-state index < -0.39 is 23.5 Å². The molecule has 0 spiro atoms. The van der Waals surface area contributed by atoms with Crippen molar-refractivity contribution in [2.24, 2.45) is 0 Å². The van der Waals surface area contributed by atoms with Crippen molar-refractivity contribution in [2.45, 2.75) is 13.0 Å². The summed E-state index contributed by atoms with van der Waals surface area (Å²) >= 11 is 0. The van der Waals surface area contributed by atoms with E-state index in [0.717, 1.165) is 5.39 Å². The molecule has 1 N–H and O–H groups in total. The molecule has 0 aliphatic carbocycles. The lowest BCUT2D eigenvalue weighted by Crippen LogP contribution is -2.31. The summed E-state index contributed by atoms with van der Waals surface area (Å²) in [4.78, 5) is 28.7. The lowest BCUT2D eigenvalue weighted by Gasteiger charge is -2.28. The summed E-state index contributed by atoms with van der Waals surface area (Å²) in [6, 6.07) is 19.9. The van der Waals surface area contributed by atoms with Gasteiger partial charge in [-0.2, -0.15) is 0 Å². The van der Waals surface area contributed by atoms with Gasteiger partial charge in [-0.3, -0.25) is 14.5 Å². The van der Waals surface area contributed by atoms with Crippen LogP contribution in [0.25, 0.3) is 11.0 Å². The average Bonchev–Trinajstić information content (AvgIpc) is 3.47. The molecule has 1 aliphatic heterocycles. The number of para-hydroxylation sites is 3. The number of carbonyl (C=O) groups is 2. The number of methoxy groups -OCH3 is 2. The van der Waals surface area contributed by atoms with Crippen molar-refractivity contribution in [3.8, 4) is 17.2 Å². The first kappa shape index (κ1) is 24.0. The molecule has 37 heavy (non-hydrogen) atoms. The number of hydrogen-bond acceptors (Lipinski definition) is 7. The van der Waals surface area contributed by atoms with Crippen LogP contribution in [0.3, 0.4) is 0 Å². The van der Waals surface area contributed by atoms with Gasteiger partial charge < -0.3 is 23.7 Å². The Balaban J connectivity index is 1.70. The molecule has 5 rings (SSSR count). The number of aliphatic hydroxyl groups excluding tert-OH is 1. The molecule has 1 amide bonds. The summed E-state index contributed by atoms with van der Waals surface area (Å²) in [6.45, 7) is 2.22. The van der Waals surface area contributed by atoms with Crippen LogP contribution in [0, 0.1) is 0 Å². The van der Waals surface area contributed by atoms with Crippen molar-refractivity contribution in [3.63, 3.8) is 0 Å². The predicted molar refractivity (Wildman–Crippen MR) is 138 cm³/mol. The molecular weight excluding hydrogens is 474 g/mol. The zero-order valence-electron chi connectivity index (χ0n) is 20.6. The fraction of sp³-hybridized carbons (Fsp3) is 0.172. The normalized spacial score (nSPS) is 15.4. The number of benzene rings is 3. The highest BCUT2D eigenvalue weighted by Gasteiger charge is 2.46. The molecule has 3 aromatic carbocycles. The van der Waals surface area contributed by atoms with Crippen LogP contribution >= 0.6 is 0 Å². The van der Waals surface area contributed by atoms with Crippen LogP contribution in [0.4, 0.5) is 5.69 Å². The van der Waals surface area contributed by atoms with Gasteiger partial charge in [0, 0.05) is 5.39 Å². The van der Waals surface area contributed by atoms with Gasteiger partial charge in [0.25, 0.3) is 5.91 Å². The van der Waals surface area contributed by atoms with Gasteiger partial charge in [0.05, 0.1) is 38.1 Å². The predicted octanol–water partition coefficient (Wildman–Crippen LogP) is 5.63. The van der Waals surface area contributed by atoms with Crippen LogP contribution in [-0.4, -0.2) is 37.6 Å². The zero-order valence-corrected chi connectivity index (χ0v) is 20.6. The number of ether oxygens (including phenoxy) is 3. The van der Waals surface area contributed by atoms with Crippen LogP contribution in [0.1, 0.15) is 29.1 Å². The highest BCUT2D eigenvalue weighted by molar-refractivity contribution is 6.21. The molecule has 0 fully saturated rings. The van der Waals surface area contributed by atoms with E-state index in [1.54, 1.807) is 60.7 Å². The van der Waals surface area contributed by atoms with Gasteiger partial charge >= 0.3 is 0 Å². The molecule has 0 radical (unpaired) electrons. The van der Waals surface area contributed by atoms with Gasteiger partial charge in [0.1, 0.15) is 11.3 Å². The Hall–Kier alpha value is -4.72. The highest BCUT2D eigenvalue weighted by atomic mass is 16.5. The van der Waals surface area contributed by atoms with E-state index in [9.17, 15) is 14.7 Å². The molecule has 8 nitrogen and oxygen atoms in total. The van der Waals surface area contributed by atoms with Gasteiger partial charge in [-0.1, -0.05) is 36.4 Å². The first-order valence-electron chi connectivity index (χ1n) is 11.7. The van der Waals surface area contributed by atoms with E-state index in [0.29, 0.717) is 40.7 Å². The number of amides is 1. The van der Waals surface area contributed by atoms with Crippen molar-refractivity contribution in [1.82, 2.24) is 0 Å². The van der Waals surface area contributed by atoms with Crippen LogP contribution in [0.5, 0.6) is 17.2 Å². The summed E-state index contributed by atoms with van der Waals surface area (Å²) in [5.74, 6) is -0.629.